The van der Waals surface area contributed by atoms with E-state index in [9.17, 15) is 9.50 Å². The Morgan fingerprint density at radius 2 is 1.71 bits per heavy atom. The van der Waals surface area contributed by atoms with E-state index < -0.39 is 6.10 Å². The smallest absolute Gasteiger partial charge is 0.126 e. The van der Waals surface area contributed by atoms with Crippen molar-refractivity contribution in [1.82, 2.24) is 4.90 Å². The molecule has 1 aliphatic rings. The van der Waals surface area contributed by atoms with Gasteiger partial charge in [-0.2, -0.15) is 0 Å². The molecule has 0 bridgehead atoms. The third-order valence-corrected chi connectivity index (χ3v) is 4.33. The average Bonchev–Trinajstić information content (AvgIpc) is 2.40. The van der Waals surface area contributed by atoms with Crippen molar-refractivity contribution in [3.05, 3.63) is 29.1 Å². The number of benzene rings is 1. The van der Waals surface area contributed by atoms with E-state index in [1.54, 1.807) is 13.8 Å². The van der Waals surface area contributed by atoms with Crippen LogP contribution in [0.1, 0.15) is 44.9 Å². The number of hydrogen-bond acceptors (Lipinski definition) is 3. The van der Waals surface area contributed by atoms with Gasteiger partial charge in [-0.1, -0.05) is 0 Å². The molecule has 0 radical (unpaired) electrons. The van der Waals surface area contributed by atoms with Crippen molar-refractivity contribution in [3.8, 4) is 0 Å². The molecule has 1 aromatic carbocycles. The molecule has 0 amide bonds. The van der Waals surface area contributed by atoms with E-state index in [2.05, 4.69) is 30.6 Å². The van der Waals surface area contributed by atoms with Crippen LogP contribution >= 0.6 is 0 Å². The van der Waals surface area contributed by atoms with E-state index in [1.807, 2.05) is 6.07 Å². The van der Waals surface area contributed by atoms with Gasteiger partial charge in [-0.15, -0.1) is 0 Å². The second kappa shape index (κ2) is 5.93. The largest absolute Gasteiger partial charge is 0.389 e. The second-order valence-electron chi connectivity index (χ2n) is 6.98. The van der Waals surface area contributed by atoms with Crippen molar-refractivity contribution in [1.29, 1.82) is 0 Å². The number of nitrogens with zero attached hydrogens (tertiary/aromatic N) is 2. The number of piperazine rings is 1. The van der Waals surface area contributed by atoms with E-state index in [0.717, 1.165) is 31.9 Å². The molecule has 21 heavy (non-hydrogen) atoms. The molecule has 0 aliphatic carbocycles. The molecular weight excluding hydrogens is 267 g/mol. The highest BCUT2D eigenvalue weighted by Crippen LogP contribution is 2.30. The van der Waals surface area contributed by atoms with Crippen LogP contribution < -0.4 is 4.90 Å². The maximum Gasteiger partial charge on any atom is 0.126 e. The Kier molecular flexibility index (Phi) is 4.59. The Morgan fingerprint density at radius 3 is 2.19 bits per heavy atom. The van der Waals surface area contributed by atoms with Crippen LogP contribution in [0.15, 0.2) is 12.1 Å². The number of aliphatic hydroxyl groups excluding tert-OH is 1. The number of aryl methyl sites for hydroxylation is 1. The lowest BCUT2D eigenvalue weighted by Gasteiger charge is -2.43. The molecule has 4 heteroatoms. The van der Waals surface area contributed by atoms with Gasteiger partial charge in [0.2, 0.25) is 0 Å². The lowest BCUT2D eigenvalue weighted by Crippen LogP contribution is -2.53. The van der Waals surface area contributed by atoms with Gasteiger partial charge < -0.3 is 10.0 Å². The van der Waals surface area contributed by atoms with Crippen molar-refractivity contribution in [2.24, 2.45) is 0 Å². The van der Waals surface area contributed by atoms with Crippen LogP contribution in [-0.4, -0.2) is 41.7 Å². The normalized spacial score (nSPS) is 18.9. The van der Waals surface area contributed by atoms with E-state index in [4.69, 9.17) is 0 Å². The molecule has 2 rings (SSSR count). The van der Waals surface area contributed by atoms with Crippen molar-refractivity contribution in [2.75, 3.05) is 31.1 Å². The van der Waals surface area contributed by atoms with Crippen LogP contribution in [0.4, 0.5) is 10.1 Å². The molecule has 1 heterocycles. The molecule has 1 saturated heterocycles. The first-order chi connectivity index (χ1) is 9.70. The van der Waals surface area contributed by atoms with Crippen molar-refractivity contribution in [2.45, 2.75) is 46.3 Å². The molecule has 1 aliphatic heterocycles. The molecule has 1 aromatic rings. The van der Waals surface area contributed by atoms with E-state index in [1.165, 1.54) is 6.07 Å². The van der Waals surface area contributed by atoms with E-state index in [-0.39, 0.29) is 11.4 Å². The molecule has 0 spiro atoms. The molecule has 1 atom stereocenters. The lowest BCUT2D eigenvalue weighted by atomic mass is 10.0. The predicted molar refractivity (Wildman–Crippen MR) is 85.3 cm³/mol. The van der Waals surface area contributed by atoms with E-state index >= 15 is 0 Å². The SMILES string of the molecule is Cc1cc(N2CCN(C(C)(C)C)CC2)c(C(C)O)cc1F. The third-order valence-electron chi connectivity index (χ3n) is 4.33. The quantitative estimate of drug-likeness (QED) is 0.908. The highest BCUT2D eigenvalue weighted by molar-refractivity contribution is 5.57. The fourth-order valence-corrected chi connectivity index (χ4v) is 2.91. The van der Waals surface area contributed by atoms with Gasteiger partial charge in [-0.05, 0) is 52.3 Å². The summed E-state index contributed by atoms with van der Waals surface area (Å²) < 4.78 is 13.8. The summed E-state index contributed by atoms with van der Waals surface area (Å²) in [5, 5.41) is 9.93. The Morgan fingerprint density at radius 1 is 1.14 bits per heavy atom. The fraction of sp³-hybridized carbons (Fsp3) is 0.647. The topological polar surface area (TPSA) is 26.7 Å². The molecule has 3 nitrogen and oxygen atoms in total. The third kappa shape index (κ3) is 3.55. The van der Waals surface area contributed by atoms with Crippen molar-refractivity contribution >= 4 is 5.69 Å². The van der Waals surface area contributed by atoms with Crippen LogP contribution in [0.2, 0.25) is 0 Å². The summed E-state index contributed by atoms with van der Waals surface area (Å²) >= 11 is 0. The minimum absolute atomic E-state index is 0.178. The fourth-order valence-electron chi connectivity index (χ4n) is 2.91. The van der Waals surface area contributed by atoms with Gasteiger partial charge in [-0.25, -0.2) is 4.39 Å². The zero-order chi connectivity index (χ0) is 15.8. The molecule has 1 unspecified atom stereocenters. The first-order valence-electron chi connectivity index (χ1n) is 7.68. The molecule has 0 saturated carbocycles. The number of aliphatic hydroxyl groups is 1. The lowest BCUT2D eigenvalue weighted by molar-refractivity contribution is 0.128. The average molecular weight is 294 g/mol. The molecule has 118 valence electrons. The van der Waals surface area contributed by atoms with E-state index in [0.29, 0.717) is 11.1 Å². The summed E-state index contributed by atoms with van der Waals surface area (Å²) in [4.78, 5) is 4.72. The number of halogens is 1. The Labute approximate surface area is 127 Å². The van der Waals surface area contributed by atoms with Gasteiger partial charge in [0.25, 0.3) is 0 Å². The van der Waals surface area contributed by atoms with Crippen LogP contribution in [0.5, 0.6) is 0 Å². The number of anilines is 1. The highest BCUT2D eigenvalue weighted by atomic mass is 19.1. The minimum Gasteiger partial charge on any atom is -0.389 e. The minimum atomic E-state index is -0.657. The Hall–Kier alpha value is -1.13. The standard InChI is InChI=1S/C17H27FN2O/c1-12-10-16(14(13(2)21)11-15(12)18)19-6-8-20(9-7-19)17(3,4)5/h10-11,13,21H,6-9H2,1-5H3. The van der Waals surface area contributed by atoms with Gasteiger partial charge >= 0.3 is 0 Å². The Bertz CT molecular complexity index is 500. The zero-order valence-corrected chi connectivity index (χ0v) is 13.8. The van der Waals surface area contributed by atoms with Gasteiger partial charge in [0, 0.05) is 43.0 Å². The zero-order valence-electron chi connectivity index (χ0n) is 13.8. The summed E-state index contributed by atoms with van der Waals surface area (Å²) in [6.45, 7) is 13.9. The van der Waals surface area contributed by atoms with Crippen LogP contribution in [-0.2, 0) is 0 Å². The van der Waals surface area contributed by atoms with Crippen molar-refractivity contribution < 1.29 is 9.50 Å². The number of hydrogen-bond donors (Lipinski definition) is 1. The number of rotatable bonds is 2. The van der Waals surface area contributed by atoms with Gasteiger partial charge in [-0.3, -0.25) is 4.90 Å². The van der Waals surface area contributed by atoms with Gasteiger partial charge in [0.05, 0.1) is 6.10 Å². The predicted octanol–water partition coefficient (Wildman–Crippen LogP) is 3.11. The summed E-state index contributed by atoms with van der Waals surface area (Å²) in [6.07, 6.45) is -0.657. The maximum atomic E-state index is 13.8. The second-order valence-corrected chi connectivity index (χ2v) is 6.98. The first-order valence-corrected chi connectivity index (χ1v) is 7.68. The first kappa shape index (κ1) is 16.2. The van der Waals surface area contributed by atoms with Crippen molar-refractivity contribution in [3.63, 3.8) is 0 Å². The monoisotopic (exact) mass is 294 g/mol. The Balaban J connectivity index is 2.22. The van der Waals surface area contributed by atoms with Crippen LogP contribution in [0.25, 0.3) is 0 Å². The van der Waals surface area contributed by atoms with Gasteiger partial charge in [0.15, 0.2) is 0 Å². The molecule has 1 fully saturated rings. The molecule has 0 aromatic heterocycles. The van der Waals surface area contributed by atoms with Crippen LogP contribution in [0.3, 0.4) is 0 Å². The van der Waals surface area contributed by atoms with Gasteiger partial charge in [0.1, 0.15) is 5.82 Å². The highest BCUT2D eigenvalue weighted by Gasteiger charge is 2.27. The summed E-state index contributed by atoms with van der Waals surface area (Å²) in [6, 6.07) is 3.34. The van der Waals surface area contributed by atoms with Crippen LogP contribution in [0, 0.1) is 12.7 Å². The maximum absolute atomic E-state index is 13.8. The summed E-state index contributed by atoms with van der Waals surface area (Å²) in [7, 11) is 0. The molecular formula is C17H27FN2O. The molecule has 1 N–H and O–H groups in total. The summed E-state index contributed by atoms with van der Waals surface area (Å²) in [5.41, 5.74) is 2.46. The summed E-state index contributed by atoms with van der Waals surface area (Å²) in [5.74, 6) is -0.247.